The van der Waals surface area contributed by atoms with Gasteiger partial charge < -0.3 is 14.3 Å². The van der Waals surface area contributed by atoms with Gasteiger partial charge in [0, 0.05) is 13.6 Å². The van der Waals surface area contributed by atoms with E-state index in [0.717, 1.165) is 17.0 Å². The lowest BCUT2D eigenvalue weighted by Crippen LogP contribution is -2.23. The summed E-state index contributed by atoms with van der Waals surface area (Å²) < 4.78 is 10.6. The fourth-order valence-electron chi connectivity index (χ4n) is 3.51. The van der Waals surface area contributed by atoms with Crippen LogP contribution in [0.25, 0.3) is 17.1 Å². The topological polar surface area (TPSA) is 99.9 Å². The van der Waals surface area contributed by atoms with Crippen molar-refractivity contribution in [1.82, 2.24) is 24.1 Å². The molecule has 0 aliphatic carbocycles. The third-order valence-corrected chi connectivity index (χ3v) is 6.25. The van der Waals surface area contributed by atoms with E-state index in [9.17, 15) is 9.59 Å². The van der Waals surface area contributed by atoms with Crippen molar-refractivity contribution in [3.05, 3.63) is 64.5 Å². The number of benzene rings is 1. The quantitative estimate of drug-likeness (QED) is 0.432. The van der Waals surface area contributed by atoms with Gasteiger partial charge in [-0.1, -0.05) is 30.0 Å². The maximum absolute atomic E-state index is 13.0. The Kier molecular flexibility index (Phi) is 6.04. The highest BCUT2D eigenvalue weighted by Gasteiger charge is 2.20. The number of nitrogens with one attached hydrogen (secondary N) is 1. The van der Waals surface area contributed by atoms with Crippen LogP contribution in [0.15, 0.2) is 57.0 Å². The molecular formula is C22H24N6O3S. The van der Waals surface area contributed by atoms with E-state index in [1.807, 2.05) is 54.8 Å². The molecular weight excluding hydrogens is 428 g/mol. The first-order chi connectivity index (χ1) is 15.4. The van der Waals surface area contributed by atoms with E-state index in [1.54, 1.807) is 24.9 Å². The van der Waals surface area contributed by atoms with Crippen molar-refractivity contribution < 1.29 is 9.21 Å². The van der Waals surface area contributed by atoms with Crippen LogP contribution in [-0.4, -0.2) is 35.8 Å². The minimum absolute atomic E-state index is 0.0988. The van der Waals surface area contributed by atoms with Crippen LogP contribution >= 0.6 is 11.8 Å². The molecule has 0 fully saturated rings. The van der Waals surface area contributed by atoms with Crippen LogP contribution in [0.4, 0.5) is 5.69 Å². The summed E-state index contributed by atoms with van der Waals surface area (Å²) in [5.41, 5.74) is 2.28. The first-order valence-electron chi connectivity index (χ1n) is 10.2. The summed E-state index contributed by atoms with van der Waals surface area (Å²) in [4.78, 5) is 25.6. The Morgan fingerprint density at radius 2 is 1.91 bits per heavy atom. The minimum atomic E-state index is -0.285. The lowest BCUT2D eigenvalue weighted by molar-refractivity contribution is -0.113. The van der Waals surface area contributed by atoms with Crippen molar-refractivity contribution in [2.45, 2.75) is 32.5 Å². The Labute approximate surface area is 189 Å². The standard InChI is InChI=1S/C22H24N6O3S/c1-5-27-20(17-11-12-31-15(17)3)24-25-22(27)32-13-18(29)23-19-14(2)26(4)28(21(19)30)16-9-7-6-8-10-16/h6-12H,5,13H2,1-4H3,(H,23,29). The highest BCUT2D eigenvalue weighted by molar-refractivity contribution is 7.99. The van der Waals surface area contributed by atoms with Crippen molar-refractivity contribution in [2.75, 3.05) is 11.1 Å². The van der Waals surface area contributed by atoms with Crippen LogP contribution < -0.4 is 10.9 Å². The molecule has 0 saturated heterocycles. The molecule has 1 N–H and O–H groups in total. The fourth-order valence-corrected chi connectivity index (χ4v) is 4.32. The number of rotatable bonds is 7. The van der Waals surface area contributed by atoms with Crippen molar-refractivity contribution in [1.29, 1.82) is 0 Å². The number of carbonyl (C=O) groups excluding carboxylic acids is 1. The summed E-state index contributed by atoms with van der Waals surface area (Å²) in [5.74, 6) is 1.27. The van der Waals surface area contributed by atoms with Crippen molar-refractivity contribution >= 4 is 23.4 Å². The number of hydrogen-bond acceptors (Lipinski definition) is 6. The van der Waals surface area contributed by atoms with E-state index in [4.69, 9.17) is 4.42 Å². The smallest absolute Gasteiger partial charge is 0.295 e. The summed E-state index contributed by atoms with van der Waals surface area (Å²) in [7, 11) is 1.79. The molecule has 4 aromatic rings. The van der Waals surface area contributed by atoms with E-state index < -0.39 is 0 Å². The number of nitrogens with zero attached hydrogens (tertiary/aromatic N) is 5. The minimum Gasteiger partial charge on any atom is -0.469 e. The number of aryl methyl sites for hydroxylation is 1. The normalized spacial score (nSPS) is 11.1. The van der Waals surface area contributed by atoms with Crippen molar-refractivity contribution in [2.24, 2.45) is 7.05 Å². The van der Waals surface area contributed by atoms with E-state index in [2.05, 4.69) is 15.5 Å². The average molecular weight is 453 g/mol. The van der Waals surface area contributed by atoms with E-state index in [0.29, 0.717) is 23.2 Å². The predicted octanol–water partition coefficient (Wildman–Crippen LogP) is 3.40. The Morgan fingerprint density at radius 1 is 1.16 bits per heavy atom. The second kappa shape index (κ2) is 8.91. The van der Waals surface area contributed by atoms with Gasteiger partial charge in [0.1, 0.15) is 11.4 Å². The van der Waals surface area contributed by atoms with Crippen LogP contribution in [0.3, 0.4) is 0 Å². The molecule has 0 spiro atoms. The number of furan rings is 1. The van der Waals surface area contributed by atoms with Gasteiger partial charge in [0.25, 0.3) is 5.56 Å². The molecule has 9 nitrogen and oxygen atoms in total. The van der Waals surface area contributed by atoms with Crippen molar-refractivity contribution in [3.8, 4) is 17.1 Å². The van der Waals surface area contributed by atoms with E-state index >= 15 is 0 Å². The van der Waals surface area contributed by atoms with E-state index in [1.165, 1.54) is 16.4 Å². The van der Waals surface area contributed by atoms with Crippen LogP contribution in [0, 0.1) is 13.8 Å². The maximum Gasteiger partial charge on any atom is 0.295 e. The van der Waals surface area contributed by atoms with E-state index in [-0.39, 0.29) is 22.9 Å². The van der Waals surface area contributed by atoms with Crippen LogP contribution in [0.5, 0.6) is 0 Å². The van der Waals surface area contributed by atoms with Crippen LogP contribution in [-0.2, 0) is 18.4 Å². The highest BCUT2D eigenvalue weighted by Crippen LogP contribution is 2.27. The molecule has 4 rings (SSSR count). The van der Waals surface area contributed by atoms with Gasteiger partial charge in [-0.05, 0) is 39.0 Å². The Bertz CT molecular complexity index is 1320. The zero-order chi connectivity index (χ0) is 22.8. The van der Waals surface area contributed by atoms with Gasteiger partial charge >= 0.3 is 0 Å². The molecule has 0 radical (unpaired) electrons. The SMILES string of the molecule is CCn1c(SCC(=O)Nc2c(C)n(C)n(-c3ccccc3)c2=O)nnc1-c1ccoc1C. The first kappa shape index (κ1) is 21.7. The molecule has 10 heteroatoms. The molecule has 0 bridgehead atoms. The van der Waals surface area contributed by atoms with Gasteiger partial charge in [-0.2, -0.15) is 0 Å². The van der Waals surface area contributed by atoms with Crippen LogP contribution in [0.2, 0.25) is 0 Å². The number of para-hydroxylation sites is 1. The van der Waals surface area contributed by atoms with Gasteiger partial charge in [-0.15, -0.1) is 10.2 Å². The number of carbonyl (C=O) groups is 1. The molecule has 0 unspecified atom stereocenters. The molecule has 3 heterocycles. The molecule has 3 aromatic heterocycles. The Balaban J connectivity index is 1.51. The second-order valence-corrected chi connectivity index (χ2v) is 8.16. The third-order valence-electron chi connectivity index (χ3n) is 5.28. The molecule has 166 valence electrons. The molecule has 0 saturated carbocycles. The second-order valence-electron chi connectivity index (χ2n) is 7.21. The molecule has 0 aliphatic rings. The lowest BCUT2D eigenvalue weighted by atomic mass is 10.2. The van der Waals surface area contributed by atoms with Gasteiger partial charge in [0.15, 0.2) is 11.0 Å². The monoisotopic (exact) mass is 452 g/mol. The summed E-state index contributed by atoms with van der Waals surface area (Å²) in [6, 6.07) is 11.2. The average Bonchev–Trinajstić information content (AvgIpc) is 3.45. The largest absolute Gasteiger partial charge is 0.469 e. The predicted molar refractivity (Wildman–Crippen MR) is 123 cm³/mol. The van der Waals surface area contributed by atoms with Gasteiger partial charge in [0.2, 0.25) is 5.91 Å². The number of thioether (sulfide) groups is 1. The Morgan fingerprint density at radius 3 is 2.56 bits per heavy atom. The molecule has 1 amide bonds. The summed E-state index contributed by atoms with van der Waals surface area (Å²) >= 11 is 1.27. The van der Waals surface area contributed by atoms with Gasteiger partial charge in [-0.3, -0.25) is 14.3 Å². The Hall–Kier alpha value is -3.53. The third kappa shape index (κ3) is 3.89. The molecule has 32 heavy (non-hydrogen) atoms. The summed E-state index contributed by atoms with van der Waals surface area (Å²) in [6.07, 6.45) is 1.62. The maximum atomic E-state index is 13.0. The number of aromatic nitrogens is 5. The van der Waals surface area contributed by atoms with Gasteiger partial charge in [-0.25, -0.2) is 4.68 Å². The number of amides is 1. The summed E-state index contributed by atoms with van der Waals surface area (Å²) in [5, 5.41) is 11.9. The number of hydrogen-bond donors (Lipinski definition) is 1. The van der Waals surface area contributed by atoms with Crippen LogP contribution in [0.1, 0.15) is 18.4 Å². The van der Waals surface area contributed by atoms with Gasteiger partial charge in [0.05, 0.1) is 29.0 Å². The summed E-state index contributed by atoms with van der Waals surface area (Å²) in [6.45, 7) is 6.31. The highest BCUT2D eigenvalue weighted by atomic mass is 32.2. The lowest BCUT2D eigenvalue weighted by Gasteiger charge is -2.07. The zero-order valence-electron chi connectivity index (χ0n) is 18.3. The number of anilines is 1. The first-order valence-corrected chi connectivity index (χ1v) is 11.1. The zero-order valence-corrected chi connectivity index (χ0v) is 19.1. The molecule has 0 aliphatic heterocycles. The molecule has 0 atom stereocenters. The van der Waals surface area contributed by atoms with Crippen molar-refractivity contribution in [3.63, 3.8) is 0 Å². The fraction of sp³-hybridized carbons (Fsp3) is 0.273. The molecule has 1 aromatic carbocycles.